The van der Waals surface area contributed by atoms with Crippen LogP contribution in [0.15, 0.2) is 78.5 Å². The topological polar surface area (TPSA) is 0 Å². The maximum atomic E-state index is 3.79. The second-order valence-corrected chi connectivity index (χ2v) is 4.11. The molecule has 0 spiro atoms. The quantitative estimate of drug-likeness (QED) is 0.678. The van der Waals surface area contributed by atoms with E-state index in [0.717, 1.165) is 12.8 Å². The van der Waals surface area contributed by atoms with Crippen LogP contribution in [0.5, 0.6) is 0 Å². The van der Waals surface area contributed by atoms with E-state index in [2.05, 4.69) is 60.8 Å². The van der Waals surface area contributed by atoms with Crippen molar-refractivity contribution in [3.8, 4) is 0 Å². The van der Waals surface area contributed by atoms with Gasteiger partial charge in [0, 0.05) is 12.8 Å². The summed E-state index contributed by atoms with van der Waals surface area (Å²) in [7, 11) is 0. The zero-order chi connectivity index (χ0) is 11.9. The summed E-state index contributed by atoms with van der Waals surface area (Å²) in [5.74, 6) is 0. The Labute approximate surface area is 103 Å². The fourth-order valence-corrected chi connectivity index (χ4v) is 1.87. The van der Waals surface area contributed by atoms with Crippen molar-refractivity contribution in [3.05, 3.63) is 89.7 Å². The first-order chi connectivity index (χ1) is 8.38. The van der Waals surface area contributed by atoms with Gasteiger partial charge in [-0.1, -0.05) is 67.2 Å². The number of hydrogen-bond donors (Lipinski definition) is 0. The van der Waals surface area contributed by atoms with Crippen molar-refractivity contribution >= 4 is 0 Å². The fraction of sp³-hybridized carbons (Fsp3) is 0.118. The Morgan fingerprint density at radius 1 is 0.765 bits per heavy atom. The molecule has 2 aromatic rings. The molecule has 0 aliphatic heterocycles. The van der Waals surface area contributed by atoms with E-state index in [4.69, 9.17) is 0 Å². The zero-order valence-corrected chi connectivity index (χ0v) is 9.89. The molecule has 84 valence electrons. The first-order valence-electron chi connectivity index (χ1n) is 5.84. The van der Waals surface area contributed by atoms with E-state index in [0.29, 0.717) is 0 Å². The molecule has 0 N–H and O–H groups in total. The third-order valence-corrected chi connectivity index (χ3v) is 2.77. The van der Waals surface area contributed by atoms with Crippen LogP contribution in [0.2, 0.25) is 0 Å². The standard InChI is InChI=1S/C17H16/c1-2-15(13-16-9-5-3-6-10-16)14-17-11-7-4-8-12-17/h3-12H,1,13-14H2. The summed E-state index contributed by atoms with van der Waals surface area (Å²) in [6.45, 7) is 3.79. The van der Waals surface area contributed by atoms with Crippen molar-refractivity contribution in [2.24, 2.45) is 0 Å². The lowest BCUT2D eigenvalue weighted by Crippen LogP contribution is -1.94. The molecule has 0 heteroatoms. The predicted molar refractivity (Wildman–Crippen MR) is 72.9 cm³/mol. The number of benzene rings is 2. The zero-order valence-electron chi connectivity index (χ0n) is 9.89. The monoisotopic (exact) mass is 220 g/mol. The van der Waals surface area contributed by atoms with Crippen molar-refractivity contribution in [3.63, 3.8) is 0 Å². The lowest BCUT2D eigenvalue weighted by atomic mass is 9.99. The minimum absolute atomic E-state index is 0.930. The summed E-state index contributed by atoms with van der Waals surface area (Å²) < 4.78 is 0. The van der Waals surface area contributed by atoms with Crippen LogP contribution in [0, 0.1) is 0 Å². The highest BCUT2D eigenvalue weighted by Crippen LogP contribution is 2.12. The Balaban J connectivity index is 2.07. The van der Waals surface area contributed by atoms with Gasteiger partial charge in [-0.3, -0.25) is 0 Å². The summed E-state index contributed by atoms with van der Waals surface area (Å²) in [4.78, 5) is 0. The smallest absolute Gasteiger partial charge is 0.00123 e. The van der Waals surface area contributed by atoms with E-state index in [1.807, 2.05) is 12.1 Å². The number of rotatable bonds is 4. The molecule has 0 atom stereocenters. The molecule has 0 nitrogen and oxygen atoms in total. The average molecular weight is 220 g/mol. The molecular weight excluding hydrogens is 204 g/mol. The van der Waals surface area contributed by atoms with Crippen LogP contribution >= 0.6 is 0 Å². The van der Waals surface area contributed by atoms with Gasteiger partial charge in [-0.15, -0.1) is 5.73 Å². The van der Waals surface area contributed by atoms with Gasteiger partial charge in [-0.05, 0) is 16.7 Å². The van der Waals surface area contributed by atoms with E-state index < -0.39 is 0 Å². The van der Waals surface area contributed by atoms with E-state index >= 15 is 0 Å². The maximum absolute atomic E-state index is 3.79. The van der Waals surface area contributed by atoms with Crippen LogP contribution in [0.25, 0.3) is 0 Å². The second kappa shape index (κ2) is 5.89. The van der Waals surface area contributed by atoms with Gasteiger partial charge >= 0.3 is 0 Å². The number of hydrogen-bond acceptors (Lipinski definition) is 0. The Morgan fingerprint density at radius 2 is 1.18 bits per heavy atom. The van der Waals surface area contributed by atoms with E-state index in [1.165, 1.54) is 16.7 Å². The number of allylic oxidation sites excluding steroid dienone is 1. The van der Waals surface area contributed by atoms with E-state index in [9.17, 15) is 0 Å². The molecular formula is C17H16. The van der Waals surface area contributed by atoms with Gasteiger partial charge in [-0.2, -0.15) is 0 Å². The SMILES string of the molecule is C=C=C(Cc1ccccc1)Cc1ccccc1. The molecule has 0 aromatic heterocycles. The first kappa shape index (κ1) is 11.4. The molecule has 17 heavy (non-hydrogen) atoms. The van der Waals surface area contributed by atoms with E-state index in [-0.39, 0.29) is 0 Å². The molecule has 0 saturated heterocycles. The average Bonchev–Trinajstić information content (AvgIpc) is 2.40. The molecule has 2 aromatic carbocycles. The summed E-state index contributed by atoms with van der Waals surface area (Å²) in [5, 5.41) is 0. The Bertz CT molecular complexity index is 459. The summed E-state index contributed by atoms with van der Waals surface area (Å²) in [6, 6.07) is 20.9. The largest absolute Gasteiger partial charge is 0.129 e. The minimum atomic E-state index is 0.930. The molecule has 0 fully saturated rings. The molecule has 0 aliphatic rings. The third kappa shape index (κ3) is 3.48. The second-order valence-electron chi connectivity index (χ2n) is 4.11. The van der Waals surface area contributed by atoms with Gasteiger partial charge in [0.15, 0.2) is 0 Å². The van der Waals surface area contributed by atoms with Crippen molar-refractivity contribution in [2.45, 2.75) is 12.8 Å². The third-order valence-electron chi connectivity index (χ3n) is 2.77. The van der Waals surface area contributed by atoms with Gasteiger partial charge in [-0.25, -0.2) is 0 Å². The first-order valence-corrected chi connectivity index (χ1v) is 5.84. The fourth-order valence-electron chi connectivity index (χ4n) is 1.87. The van der Waals surface area contributed by atoms with Crippen LogP contribution in [0.3, 0.4) is 0 Å². The maximum Gasteiger partial charge on any atom is 0.00123 e. The molecule has 0 bridgehead atoms. The van der Waals surface area contributed by atoms with Crippen LogP contribution < -0.4 is 0 Å². The normalized spacial score (nSPS) is 9.65. The Hall–Kier alpha value is -2.04. The van der Waals surface area contributed by atoms with Gasteiger partial charge in [0.25, 0.3) is 0 Å². The summed E-state index contributed by atoms with van der Waals surface area (Å²) in [5.41, 5.74) is 6.93. The van der Waals surface area contributed by atoms with Crippen LogP contribution in [-0.2, 0) is 12.8 Å². The molecule has 2 rings (SSSR count). The van der Waals surface area contributed by atoms with E-state index in [1.54, 1.807) is 0 Å². The Kier molecular flexibility index (Phi) is 3.96. The molecule has 0 heterocycles. The highest BCUT2D eigenvalue weighted by Gasteiger charge is 2.00. The lowest BCUT2D eigenvalue weighted by Gasteiger charge is -2.05. The van der Waals surface area contributed by atoms with Gasteiger partial charge < -0.3 is 0 Å². The molecule has 0 radical (unpaired) electrons. The van der Waals surface area contributed by atoms with Crippen molar-refractivity contribution in [1.82, 2.24) is 0 Å². The van der Waals surface area contributed by atoms with Crippen LogP contribution in [-0.4, -0.2) is 0 Å². The molecule has 0 aliphatic carbocycles. The van der Waals surface area contributed by atoms with Crippen molar-refractivity contribution < 1.29 is 0 Å². The summed E-state index contributed by atoms with van der Waals surface area (Å²) in [6.07, 6.45) is 1.86. The van der Waals surface area contributed by atoms with Crippen molar-refractivity contribution in [1.29, 1.82) is 0 Å². The van der Waals surface area contributed by atoms with Crippen LogP contribution in [0.1, 0.15) is 11.1 Å². The molecule has 0 saturated carbocycles. The van der Waals surface area contributed by atoms with Crippen molar-refractivity contribution in [2.75, 3.05) is 0 Å². The highest BCUT2D eigenvalue weighted by atomic mass is 14.0. The predicted octanol–water partition coefficient (Wildman–Crippen LogP) is 4.18. The van der Waals surface area contributed by atoms with Gasteiger partial charge in [0.05, 0.1) is 0 Å². The Morgan fingerprint density at radius 3 is 1.53 bits per heavy atom. The summed E-state index contributed by atoms with van der Waals surface area (Å²) >= 11 is 0. The van der Waals surface area contributed by atoms with Crippen LogP contribution in [0.4, 0.5) is 0 Å². The molecule has 0 amide bonds. The van der Waals surface area contributed by atoms with Gasteiger partial charge in [0.2, 0.25) is 0 Å². The lowest BCUT2D eigenvalue weighted by molar-refractivity contribution is 1.04. The molecule has 0 unspecified atom stereocenters. The van der Waals surface area contributed by atoms with Gasteiger partial charge in [0.1, 0.15) is 0 Å². The highest BCUT2D eigenvalue weighted by molar-refractivity contribution is 5.26. The minimum Gasteiger partial charge on any atom is -0.129 e.